The molecular weight excluding hydrogens is 475 g/mol. The first-order valence-corrected chi connectivity index (χ1v) is 10.4. The summed E-state index contributed by atoms with van der Waals surface area (Å²) in [7, 11) is 1.83. The van der Waals surface area contributed by atoms with Gasteiger partial charge in [0.15, 0.2) is 11.8 Å². The van der Waals surface area contributed by atoms with Crippen LogP contribution in [-0.2, 0) is 6.54 Å². The molecule has 160 valence electrons. The lowest BCUT2D eigenvalue weighted by Gasteiger charge is -2.32. The molecule has 3 rings (SSSR count). The Balaban J connectivity index is 0.00000300. The predicted molar refractivity (Wildman–Crippen MR) is 130 cm³/mol. The molecule has 0 atom stereocenters. The van der Waals surface area contributed by atoms with Gasteiger partial charge in [-0.15, -0.1) is 24.0 Å². The average Bonchev–Trinajstić information content (AvgIpc) is 3.04. The van der Waals surface area contributed by atoms with Gasteiger partial charge in [0.25, 0.3) is 0 Å². The molecule has 0 bridgehead atoms. The van der Waals surface area contributed by atoms with E-state index >= 15 is 0 Å². The van der Waals surface area contributed by atoms with Crippen molar-refractivity contribution in [3.05, 3.63) is 41.3 Å². The number of aromatic nitrogens is 3. The highest BCUT2D eigenvalue weighted by atomic mass is 127. The normalized spacial score (nSPS) is 19.7. The number of aryl methyl sites for hydroxylation is 2. The van der Waals surface area contributed by atoms with Crippen LogP contribution in [0.2, 0.25) is 0 Å². The van der Waals surface area contributed by atoms with E-state index in [1.807, 2.05) is 37.8 Å². The van der Waals surface area contributed by atoms with Crippen molar-refractivity contribution in [3.8, 4) is 5.82 Å². The molecule has 2 N–H and O–H groups in total. The third-order valence-corrected chi connectivity index (χ3v) is 5.77. The lowest BCUT2D eigenvalue weighted by atomic mass is 9.80. The van der Waals surface area contributed by atoms with Crippen LogP contribution in [0.5, 0.6) is 0 Å². The van der Waals surface area contributed by atoms with Gasteiger partial charge in [0.1, 0.15) is 0 Å². The highest BCUT2D eigenvalue weighted by Gasteiger charge is 2.23. The second-order valence-electron chi connectivity index (χ2n) is 8.29. The van der Waals surface area contributed by atoms with Gasteiger partial charge in [0.2, 0.25) is 0 Å². The van der Waals surface area contributed by atoms with Crippen molar-refractivity contribution in [1.82, 2.24) is 25.4 Å². The van der Waals surface area contributed by atoms with E-state index in [-0.39, 0.29) is 24.0 Å². The number of aliphatic imine (C=N–C) groups is 1. The van der Waals surface area contributed by atoms with Gasteiger partial charge in [0, 0.05) is 31.5 Å². The first-order valence-electron chi connectivity index (χ1n) is 10.4. The smallest absolute Gasteiger partial charge is 0.191 e. The predicted octanol–water partition coefficient (Wildman–Crippen LogP) is 4.38. The molecular formula is C22H35IN6. The van der Waals surface area contributed by atoms with Gasteiger partial charge in [-0.25, -0.2) is 9.67 Å². The molecule has 7 heteroatoms. The molecule has 0 aliphatic heterocycles. The quantitative estimate of drug-likeness (QED) is 0.356. The molecule has 2 heterocycles. The van der Waals surface area contributed by atoms with Crippen LogP contribution in [0.15, 0.2) is 29.4 Å². The van der Waals surface area contributed by atoms with E-state index in [2.05, 4.69) is 51.7 Å². The third-order valence-electron chi connectivity index (χ3n) is 5.77. The monoisotopic (exact) mass is 510 g/mol. The number of guanidine groups is 1. The van der Waals surface area contributed by atoms with Crippen LogP contribution < -0.4 is 10.6 Å². The number of rotatable bonds is 5. The van der Waals surface area contributed by atoms with Crippen molar-refractivity contribution in [2.45, 2.75) is 66.0 Å². The van der Waals surface area contributed by atoms with Gasteiger partial charge in [-0.3, -0.25) is 4.99 Å². The fourth-order valence-corrected chi connectivity index (χ4v) is 4.01. The van der Waals surface area contributed by atoms with Crippen molar-refractivity contribution in [1.29, 1.82) is 0 Å². The topological polar surface area (TPSA) is 67.1 Å². The van der Waals surface area contributed by atoms with Crippen molar-refractivity contribution < 1.29 is 0 Å². The van der Waals surface area contributed by atoms with Crippen LogP contribution >= 0.6 is 24.0 Å². The van der Waals surface area contributed by atoms with E-state index in [9.17, 15) is 0 Å². The Hall–Kier alpha value is -1.64. The summed E-state index contributed by atoms with van der Waals surface area (Å²) in [6.07, 6.45) is 6.97. The van der Waals surface area contributed by atoms with Crippen LogP contribution in [0.4, 0.5) is 0 Å². The third kappa shape index (κ3) is 6.42. The van der Waals surface area contributed by atoms with Gasteiger partial charge in [-0.1, -0.05) is 19.9 Å². The summed E-state index contributed by atoms with van der Waals surface area (Å²) >= 11 is 0. The molecule has 2 aromatic heterocycles. The van der Waals surface area contributed by atoms with Crippen molar-refractivity contribution in [3.63, 3.8) is 0 Å². The minimum absolute atomic E-state index is 0. The zero-order valence-electron chi connectivity index (χ0n) is 18.3. The van der Waals surface area contributed by atoms with E-state index in [1.165, 1.54) is 25.7 Å². The van der Waals surface area contributed by atoms with E-state index < -0.39 is 0 Å². The molecule has 0 saturated heterocycles. The highest BCUT2D eigenvalue weighted by Crippen LogP contribution is 2.29. The zero-order valence-corrected chi connectivity index (χ0v) is 20.6. The van der Waals surface area contributed by atoms with E-state index in [4.69, 9.17) is 0 Å². The second kappa shape index (κ2) is 10.9. The summed E-state index contributed by atoms with van der Waals surface area (Å²) in [5.74, 6) is 3.39. The number of nitrogens with zero attached hydrogens (tertiary/aromatic N) is 4. The fraction of sp³-hybridized carbons (Fsp3) is 0.591. The molecule has 6 nitrogen and oxygen atoms in total. The summed E-state index contributed by atoms with van der Waals surface area (Å²) in [5, 5.41) is 11.5. The number of hydrogen-bond acceptors (Lipinski definition) is 3. The second-order valence-corrected chi connectivity index (χ2v) is 8.29. The maximum atomic E-state index is 4.57. The Morgan fingerprint density at radius 1 is 1.21 bits per heavy atom. The minimum atomic E-state index is 0. The Labute approximate surface area is 192 Å². The van der Waals surface area contributed by atoms with E-state index in [0.717, 1.165) is 40.6 Å². The Kier molecular flexibility index (Phi) is 8.92. The number of nitrogens with one attached hydrogen (secondary N) is 2. The molecule has 0 amide bonds. The van der Waals surface area contributed by atoms with Crippen LogP contribution in [0.25, 0.3) is 5.82 Å². The van der Waals surface area contributed by atoms with Gasteiger partial charge >= 0.3 is 0 Å². The maximum absolute atomic E-state index is 4.57. The van der Waals surface area contributed by atoms with Crippen LogP contribution in [0.1, 0.15) is 56.5 Å². The Morgan fingerprint density at radius 2 is 1.93 bits per heavy atom. The summed E-state index contributed by atoms with van der Waals surface area (Å²) < 4.78 is 1.88. The molecule has 1 aliphatic rings. The highest BCUT2D eigenvalue weighted by molar-refractivity contribution is 14.0. The SMILES string of the molecule is CN=C(NCc1ccc(-n2nc(C)cc2C)nc1)NC1CCC(C(C)C)CC1.I. The standard InChI is InChI=1S/C22H34N6.HI/c1-15(2)19-7-9-20(10-8-19)26-22(23-5)25-14-18-6-11-21(24-13-18)28-17(4)12-16(3)27-28;/h6,11-13,15,19-20H,7-10,14H2,1-5H3,(H2,23,25,26);1H. The van der Waals surface area contributed by atoms with Gasteiger partial charge in [0.05, 0.1) is 5.69 Å². The van der Waals surface area contributed by atoms with Gasteiger partial charge in [-0.05, 0) is 69.1 Å². The first-order chi connectivity index (χ1) is 13.5. The summed E-state index contributed by atoms with van der Waals surface area (Å²) in [5.41, 5.74) is 3.21. The van der Waals surface area contributed by atoms with Crippen LogP contribution in [-0.4, -0.2) is 33.8 Å². The lowest BCUT2D eigenvalue weighted by molar-refractivity contribution is 0.250. The maximum Gasteiger partial charge on any atom is 0.191 e. The van der Waals surface area contributed by atoms with E-state index in [0.29, 0.717) is 12.6 Å². The van der Waals surface area contributed by atoms with Crippen molar-refractivity contribution >= 4 is 29.9 Å². The number of halogens is 1. The average molecular weight is 510 g/mol. The molecule has 29 heavy (non-hydrogen) atoms. The molecule has 2 aromatic rings. The van der Waals surface area contributed by atoms with E-state index in [1.54, 1.807) is 0 Å². The minimum Gasteiger partial charge on any atom is -0.354 e. The van der Waals surface area contributed by atoms with Gasteiger partial charge < -0.3 is 10.6 Å². The fourth-order valence-electron chi connectivity index (χ4n) is 4.01. The number of pyridine rings is 1. The Morgan fingerprint density at radius 3 is 2.45 bits per heavy atom. The van der Waals surface area contributed by atoms with Crippen molar-refractivity contribution in [2.24, 2.45) is 16.8 Å². The van der Waals surface area contributed by atoms with Gasteiger partial charge in [-0.2, -0.15) is 5.10 Å². The summed E-state index contributed by atoms with van der Waals surface area (Å²) in [6.45, 7) is 9.42. The molecule has 1 aliphatic carbocycles. The summed E-state index contributed by atoms with van der Waals surface area (Å²) in [4.78, 5) is 8.96. The largest absolute Gasteiger partial charge is 0.354 e. The molecule has 0 unspecified atom stereocenters. The molecule has 1 saturated carbocycles. The molecule has 0 spiro atoms. The summed E-state index contributed by atoms with van der Waals surface area (Å²) in [6, 6.07) is 6.68. The molecule has 0 aromatic carbocycles. The molecule has 0 radical (unpaired) electrons. The van der Waals surface area contributed by atoms with Crippen LogP contribution in [0, 0.1) is 25.7 Å². The first kappa shape index (κ1) is 23.6. The van der Waals surface area contributed by atoms with Crippen molar-refractivity contribution in [2.75, 3.05) is 7.05 Å². The Bertz CT molecular complexity index is 788. The molecule has 1 fully saturated rings. The van der Waals surface area contributed by atoms with Crippen LogP contribution in [0.3, 0.4) is 0 Å². The number of hydrogen-bond donors (Lipinski definition) is 2. The lowest BCUT2D eigenvalue weighted by Crippen LogP contribution is -2.44. The zero-order chi connectivity index (χ0) is 20.1.